The first-order valence-corrected chi connectivity index (χ1v) is 8.30. The van der Waals surface area contributed by atoms with Crippen molar-refractivity contribution in [1.29, 1.82) is 0 Å². The van der Waals surface area contributed by atoms with Crippen LogP contribution in [0.5, 0.6) is 0 Å². The van der Waals surface area contributed by atoms with E-state index < -0.39 is 0 Å². The van der Waals surface area contributed by atoms with Crippen LogP contribution in [0, 0.1) is 0 Å². The molecule has 0 saturated carbocycles. The lowest BCUT2D eigenvalue weighted by molar-refractivity contribution is 0.344. The van der Waals surface area contributed by atoms with E-state index in [4.69, 9.17) is 4.42 Å². The average molecular weight is 354 g/mol. The van der Waals surface area contributed by atoms with E-state index in [1.807, 2.05) is 31.1 Å². The van der Waals surface area contributed by atoms with Crippen LogP contribution in [0.3, 0.4) is 0 Å². The fraction of sp³-hybridized carbons (Fsp3) is 0.353. The minimum Gasteiger partial charge on any atom is -0.419 e. The fourth-order valence-corrected chi connectivity index (χ4v) is 2.38. The van der Waals surface area contributed by atoms with E-state index >= 15 is 0 Å². The summed E-state index contributed by atoms with van der Waals surface area (Å²) >= 11 is 0. The number of hydrogen-bond donors (Lipinski definition) is 2. The smallest absolute Gasteiger partial charge is 0.253 e. The highest BCUT2D eigenvalue weighted by atomic mass is 16.4. The number of anilines is 2. The van der Waals surface area contributed by atoms with Crippen molar-refractivity contribution in [1.82, 2.24) is 30.0 Å². The number of rotatable bonds is 8. The van der Waals surface area contributed by atoms with Crippen molar-refractivity contribution in [3.05, 3.63) is 42.2 Å². The Morgan fingerprint density at radius 3 is 2.69 bits per heavy atom. The third-order valence-electron chi connectivity index (χ3n) is 3.62. The van der Waals surface area contributed by atoms with Gasteiger partial charge in [0.15, 0.2) is 0 Å². The van der Waals surface area contributed by atoms with Crippen LogP contribution in [0.2, 0.25) is 0 Å². The van der Waals surface area contributed by atoms with Crippen molar-refractivity contribution >= 4 is 11.8 Å². The van der Waals surface area contributed by atoms with Gasteiger partial charge in [-0.25, -0.2) is 4.98 Å². The van der Waals surface area contributed by atoms with Gasteiger partial charge in [0.1, 0.15) is 5.82 Å². The SMILES string of the molecule is CNc1nc(NCCc2ccncc2)ncc1-c1nnc(CN(C)C)o1. The Bertz CT molecular complexity index is 834. The molecule has 0 bridgehead atoms. The molecule has 0 saturated heterocycles. The van der Waals surface area contributed by atoms with Gasteiger partial charge in [-0.1, -0.05) is 0 Å². The molecule has 0 radical (unpaired) electrons. The molecule has 0 aliphatic carbocycles. The van der Waals surface area contributed by atoms with Crippen LogP contribution in [0.4, 0.5) is 11.8 Å². The van der Waals surface area contributed by atoms with Crippen molar-refractivity contribution in [2.24, 2.45) is 0 Å². The highest BCUT2D eigenvalue weighted by Gasteiger charge is 2.15. The van der Waals surface area contributed by atoms with Gasteiger partial charge in [0.2, 0.25) is 11.8 Å². The van der Waals surface area contributed by atoms with Crippen molar-refractivity contribution in [3.8, 4) is 11.5 Å². The second-order valence-corrected chi connectivity index (χ2v) is 5.98. The van der Waals surface area contributed by atoms with Crippen molar-refractivity contribution in [3.63, 3.8) is 0 Å². The molecule has 0 unspecified atom stereocenters. The maximum Gasteiger partial charge on any atom is 0.253 e. The summed E-state index contributed by atoms with van der Waals surface area (Å²) in [4.78, 5) is 14.8. The Morgan fingerprint density at radius 2 is 1.96 bits per heavy atom. The van der Waals surface area contributed by atoms with Gasteiger partial charge in [-0.3, -0.25) is 4.98 Å². The highest BCUT2D eigenvalue weighted by molar-refractivity contribution is 5.68. The number of nitrogens with zero attached hydrogens (tertiary/aromatic N) is 6. The van der Waals surface area contributed by atoms with Crippen LogP contribution in [0.25, 0.3) is 11.5 Å². The first kappa shape index (κ1) is 17.7. The molecule has 3 heterocycles. The number of nitrogens with one attached hydrogen (secondary N) is 2. The molecule has 2 N–H and O–H groups in total. The van der Waals surface area contributed by atoms with Gasteiger partial charge >= 0.3 is 0 Å². The Morgan fingerprint density at radius 1 is 1.15 bits per heavy atom. The third-order valence-corrected chi connectivity index (χ3v) is 3.62. The predicted octanol–water partition coefficient (Wildman–Crippen LogP) is 1.68. The van der Waals surface area contributed by atoms with E-state index in [9.17, 15) is 0 Å². The number of hydrogen-bond acceptors (Lipinski definition) is 9. The normalized spacial score (nSPS) is 10.9. The highest BCUT2D eigenvalue weighted by Crippen LogP contribution is 2.25. The molecule has 3 rings (SSSR count). The molecular weight excluding hydrogens is 332 g/mol. The lowest BCUT2D eigenvalue weighted by Gasteiger charge is -2.09. The van der Waals surface area contributed by atoms with Crippen LogP contribution in [-0.4, -0.2) is 57.7 Å². The van der Waals surface area contributed by atoms with Crippen LogP contribution >= 0.6 is 0 Å². The summed E-state index contributed by atoms with van der Waals surface area (Å²) < 4.78 is 5.69. The van der Waals surface area contributed by atoms with Crippen LogP contribution in [0.15, 0.2) is 35.1 Å². The minimum absolute atomic E-state index is 0.398. The quantitative estimate of drug-likeness (QED) is 0.625. The molecule has 0 atom stereocenters. The molecule has 0 amide bonds. The minimum atomic E-state index is 0.398. The predicted molar refractivity (Wildman–Crippen MR) is 98.7 cm³/mol. The van der Waals surface area contributed by atoms with Gasteiger partial charge in [-0.15, -0.1) is 10.2 Å². The molecule has 0 aromatic carbocycles. The van der Waals surface area contributed by atoms with E-state index in [1.165, 1.54) is 5.56 Å². The van der Waals surface area contributed by atoms with E-state index in [-0.39, 0.29) is 0 Å². The summed E-state index contributed by atoms with van der Waals surface area (Å²) in [5, 5.41) is 14.4. The Hall–Kier alpha value is -3.07. The number of aromatic nitrogens is 5. The summed E-state index contributed by atoms with van der Waals surface area (Å²) in [6.07, 6.45) is 6.12. The van der Waals surface area contributed by atoms with E-state index in [1.54, 1.807) is 25.6 Å². The summed E-state index contributed by atoms with van der Waals surface area (Å²) in [6.45, 7) is 1.30. The van der Waals surface area contributed by atoms with Gasteiger partial charge in [0, 0.05) is 32.2 Å². The lowest BCUT2D eigenvalue weighted by Crippen LogP contribution is -2.10. The van der Waals surface area contributed by atoms with Crippen molar-refractivity contribution in [2.45, 2.75) is 13.0 Å². The molecule has 0 aliphatic rings. The van der Waals surface area contributed by atoms with Crippen molar-refractivity contribution < 1.29 is 4.42 Å². The maximum absolute atomic E-state index is 5.69. The Kier molecular flexibility index (Phi) is 5.69. The molecule has 0 aliphatic heterocycles. The molecule has 9 nitrogen and oxygen atoms in total. The van der Waals surface area contributed by atoms with Crippen LogP contribution < -0.4 is 10.6 Å². The zero-order valence-corrected chi connectivity index (χ0v) is 15.1. The topological polar surface area (TPSA) is 105 Å². The Balaban J connectivity index is 1.68. The zero-order valence-electron chi connectivity index (χ0n) is 15.1. The van der Waals surface area contributed by atoms with E-state index in [2.05, 4.69) is 35.8 Å². The first-order valence-electron chi connectivity index (χ1n) is 8.30. The standard InChI is InChI=1S/C17H22N8O/c1-18-15-13(16-24-23-14(26-16)11-25(2)3)10-21-17(22-15)20-9-6-12-4-7-19-8-5-12/h4-5,7-8,10H,6,9,11H2,1-3H3,(H2,18,20,21,22). The van der Waals surface area contributed by atoms with Gasteiger partial charge in [0.25, 0.3) is 5.89 Å². The van der Waals surface area contributed by atoms with Crippen molar-refractivity contribution in [2.75, 3.05) is 38.3 Å². The molecule has 3 aromatic rings. The molecule has 3 aromatic heterocycles. The molecule has 9 heteroatoms. The molecule has 26 heavy (non-hydrogen) atoms. The molecule has 136 valence electrons. The van der Waals surface area contributed by atoms with Crippen LogP contribution in [0.1, 0.15) is 11.5 Å². The summed E-state index contributed by atoms with van der Waals surface area (Å²) in [5.74, 6) is 2.12. The maximum atomic E-state index is 5.69. The molecule has 0 spiro atoms. The van der Waals surface area contributed by atoms with Crippen LogP contribution in [-0.2, 0) is 13.0 Å². The van der Waals surface area contributed by atoms with Gasteiger partial charge < -0.3 is 20.0 Å². The largest absolute Gasteiger partial charge is 0.419 e. The van der Waals surface area contributed by atoms with E-state index in [0.29, 0.717) is 35.7 Å². The second-order valence-electron chi connectivity index (χ2n) is 5.98. The summed E-state index contributed by atoms with van der Waals surface area (Å²) in [5.41, 5.74) is 1.88. The summed E-state index contributed by atoms with van der Waals surface area (Å²) in [7, 11) is 5.68. The second kappa shape index (κ2) is 8.34. The Labute approximate surface area is 151 Å². The molecule has 0 fully saturated rings. The van der Waals surface area contributed by atoms with Gasteiger partial charge in [-0.2, -0.15) is 4.98 Å². The fourth-order valence-electron chi connectivity index (χ4n) is 2.38. The van der Waals surface area contributed by atoms with Gasteiger partial charge in [0.05, 0.1) is 12.1 Å². The van der Waals surface area contributed by atoms with E-state index in [0.717, 1.165) is 13.0 Å². The molecular formula is C17H22N8O. The zero-order chi connectivity index (χ0) is 18.4. The summed E-state index contributed by atoms with van der Waals surface area (Å²) in [6, 6.07) is 3.98. The monoisotopic (exact) mass is 354 g/mol. The number of pyridine rings is 1. The first-order chi connectivity index (χ1) is 12.7. The average Bonchev–Trinajstić information content (AvgIpc) is 3.10. The van der Waals surface area contributed by atoms with Gasteiger partial charge in [-0.05, 0) is 38.2 Å². The lowest BCUT2D eigenvalue weighted by atomic mass is 10.2. The third kappa shape index (κ3) is 4.51.